The Morgan fingerprint density at radius 1 is 1.17 bits per heavy atom. The number of hydrogen-bond donors (Lipinski definition) is 1. The molecule has 2 aromatic carbocycles. The molecule has 0 fully saturated rings. The van der Waals surface area contributed by atoms with Gasteiger partial charge in [0, 0.05) is 35.4 Å². The number of anilines is 2. The first kappa shape index (κ1) is 27.1. The van der Waals surface area contributed by atoms with E-state index in [0.717, 1.165) is 30.0 Å². The number of thiophene rings is 1. The van der Waals surface area contributed by atoms with E-state index in [1.807, 2.05) is 0 Å². The first-order valence-corrected chi connectivity index (χ1v) is 14.0. The van der Waals surface area contributed by atoms with Gasteiger partial charge in [-0.15, -0.1) is 11.6 Å². The summed E-state index contributed by atoms with van der Waals surface area (Å²) in [6.45, 7) is 3.51. The standard InChI is InChI=1S/C23H25Cl2N3O5S2/c1-2-11-27(12-10-24)18-5-7-19(8-6-18)33-35(31,32)22(20-9-13-34-23(20)28(29)30)14-16-3-4-17(26)15-21(16)25/h3-9,13,15,22H,2,10-12,14,26H2,1H3. The number of rotatable bonds is 12. The Morgan fingerprint density at radius 2 is 1.89 bits per heavy atom. The number of nitrogen functional groups attached to an aromatic ring is 1. The molecule has 0 spiro atoms. The van der Waals surface area contributed by atoms with E-state index in [0.29, 0.717) is 23.7 Å². The van der Waals surface area contributed by atoms with Crippen molar-refractivity contribution >= 4 is 61.0 Å². The van der Waals surface area contributed by atoms with Crippen LogP contribution in [0.2, 0.25) is 5.02 Å². The van der Waals surface area contributed by atoms with Crippen LogP contribution < -0.4 is 14.8 Å². The number of nitro groups is 1. The molecule has 0 saturated carbocycles. The monoisotopic (exact) mass is 557 g/mol. The van der Waals surface area contributed by atoms with Crippen molar-refractivity contribution < 1.29 is 17.5 Å². The first-order chi connectivity index (χ1) is 16.7. The van der Waals surface area contributed by atoms with Gasteiger partial charge in [0.1, 0.15) is 11.0 Å². The molecule has 1 aromatic heterocycles. The number of benzene rings is 2. The van der Waals surface area contributed by atoms with Crippen LogP contribution in [0.5, 0.6) is 5.75 Å². The van der Waals surface area contributed by atoms with Crippen molar-refractivity contribution in [2.45, 2.75) is 25.0 Å². The average molecular weight is 559 g/mol. The highest BCUT2D eigenvalue weighted by molar-refractivity contribution is 7.87. The zero-order valence-corrected chi connectivity index (χ0v) is 22.0. The second kappa shape index (κ2) is 11.9. The summed E-state index contributed by atoms with van der Waals surface area (Å²) >= 11 is 13.0. The van der Waals surface area contributed by atoms with E-state index in [4.69, 9.17) is 33.1 Å². The predicted octanol–water partition coefficient (Wildman–Crippen LogP) is 6.04. The Labute approximate surface area is 218 Å². The van der Waals surface area contributed by atoms with Crippen LogP contribution in [0, 0.1) is 10.1 Å². The molecule has 0 radical (unpaired) electrons. The molecular weight excluding hydrogens is 533 g/mol. The van der Waals surface area contributed by atoms with E-state index in [9.17, 15) is 18.5 Å². The summed E-state index contributed by atoms with van der Waals surface area (Å²) in [6, 6.07) is 12.8. The lowest BCUT2D eigenvalue weighted by Crippen LogP contribution is -2.26. The lowest BCUT2D eigenvalue weighted by atomic mass is 10.1. The Bertz CT molecular complexity index is 1260. The topological polar surface area (TPSA) is 116 Å². The van der Waals surface area contributed by atoms with E-state index in [-0.39, 0.29) is 27.8 Å². The summed E-state index contributed by atoms with van der Waals surface area (Å²) in [6.07, 6.45) is 0.801. The van der Waals surface area contributed by atoms with E-state index in [1.165, 1.54) is 17.5 Å². The summed E-state index contributed by atoms with van der Waals surface area (Å²) in [5, 5.41) is 11.7. The molecule has 0 amide bonds. The number of hydrogen-bond acceptors (Lipinski definition) is 8. The Balaban J connectivity index is 1.94. The average Bonchev–Trinajstić information content (AvgIpc) is 3.28. The molecule has 188 valence electrons. The van der Waals surface area contributed by atoms with Crippen molar-refractivity contribution in [3.8, 4) is 5.75 Å². The largest absolute Gasteiger partial charge is 0.399 e. The summed E-state index contributed by atoms with van der Waals surface area (Å²) in [7, 11) is -4.36. The quantitative estimate of drug-likeness (QED) is 0.0947. The minimum Gasteiger partial charge on any atom is -0.399 e. The fourth-order valence-electron chi connectivity index (χ4n) is 3.65. The molecule has 0 saturated heterocycles. The molecule has 3 rings (SSSR count). The highest BCUT2D eigenvalue weighted by Crippen LogP contribution is 2.39. The molecule has 3 aromatic rings. The van der Waals surface area contributed by atoms with Gasteiger partial charge in [0.2, 0.25) is 0 Å². The van der Waals surface area contributed by atoms with Crippen LogP contribution in [0.4, 0.5) is 16.4 Å². The van der Waals surface area contributed by atoms with Gasteiger partial charge in [-0.25, -0.2) is 0 Å². The molecule has 1 unspecified atom stereocenters. The maximum atomic E-state index is 13.4. The normalized spacial score (nSPS) is 12.3. The Morgan fingerprint density at radius 3 is 2.49 bits per heavy atom. The summed E-state index contributed by atoms with van der Waals surface area (Å²) < 4.78 is 32.3. The number of nitrogens with zero attached hydrogens (tertiary/aromatic N) is 2. The third-order valence-corrected chi connectivity index (χ3v) is 8.22. The molecule has 1 heterocycles. The van der Waals surface area contributed by atoms with E-state index in [1.54, 1.807) is 36.4 Å². The zero-order chi connectivity index (χ0) is 25.6. The molecule has 1 atom stereocenters. The van der Waals surface area contributed by atoms with Gasteiger partial charge in [-0.1, -0.05) is 35.9 Å². The highest BCUT2D eigenvalue weighted by Gasteiger charge is 2.36. The minimum atomic E-state index is -4.36. The van der Waals surface area contributed by atoms with Gasteiger partial charge in [0.15, 0.2) is 0 Å². The van der Waals surface area contributed by atoms with Crippen LogP contribution in [-0.4, -0.2) is 32.3 Å². The van der Waals surface area contributed by atoms with Crippen LogP contribution in [0.15, 0.2) is 53.9 Å². The van der Waals surface area contributed by atoms with Crippen LogP contribution in [0.3, 0.4) is 0 Å². The van der Waals surface area contributed by atoms with Gasteiger partial charge in [-0.05, 0) is 66.2 Å². The molecule has 0 aliphatic carbocycles. The highest BCUT2D eigenvalue weighted by atomic mass is 35.5. The van der Waals surface area contributed by atoms with Crippen LogP contribution in [0.1, 0.15) is 29.7 Å². The summed E-state index contributed by atoms with van der Waals surface area (Å²) in [5.74, 6) is 0.559. The van der Waals surface area contributed by atoms with Gasteiger partial charge in [0.05, 0.1) is 10.5 Å². The number of halogens is 2. The van der Waals surface area contributed by atoms with Gasteiger partial charge < -0.3 is 14.8 Å². The Kier molecular flexibility index (Phi) is 9.23. The second-order valence-corrected chi connectivity index (χ2v) is 11.1. The fraction of sp³-hybridized carbons (Fsp3) is 0.304. The maximum absolute atomic E-state index is 13.4. The van der Waals surface area contributed by atoms with Crippen molar-refractivity contribution in [3.05, 3.63) is 80.2 Å². The fourth-order valence-corrected chi connectivity index (χ4v) is 6.35. The second-order valence-electron chi connectivity index (χ2n) is 7.73. The molecule has 12 heteroatoms. The maximum Gasteiger partial charge on any atom is 0.328 e. The third kappa shape index (κ3) is 6.78. The molecular formula is C23H25Cl2N3O5S2. The van der Waals surface area contributed by atoms with Crippen molar-refractivity contribution in [2.75, 3.05) is 29.6 Å². The number of alkyl halides is 1. The Hall–Kier alpha value is -2.53. The zero-order valence-electron chi connectivity index (χ0n) is 18.9. The molecule has 35 heavy (non-hydrogen) atoms. The van der Waals surface area contributed by atoms with Gasteiger partial charge in [-0.3, -0.25) is 10.1 Å². The molecule has 2 N–H and O–H groups in total. The molecule has 0 aliphatic rings. The smallest absolute Gasteiger partial charge is 0.328 e. The van der Waals surface area contributed by atoms with Gasteiger partial charge in [-0.2, -0.15) is 8.42 Å². The first-order valence-electron chi connectivity index (χ1n) is 10.8. The molecule has 0 bridgehead atoms. The van der Waals surface area contributed by atoms with Crippen LogP contribution in [0.25, 0.3) is 0 Å². The van der Waals surface area contributed by atoms with E-state index >= 15 is 0 Å². The molecule has 8 nitrogen and oxygen atoms in total. The predicted molar refractivity (Wildman–Crippen MR) is 142 cm³/mol. The van der Waals surface area contributed by atoms with E-state index < -0.39 is 20.3 Å². The summed E-state index contributed by atoms with van der Waals surface area (Å²) in [5.41, 5.74) is 7.57. The van der Waals surface area contributed by atoms with E-state index in [2.05, 4.69) is 11.8 Å². The summed E-state index contributed by atoms with van der Waals surface area (Å²) in [4.78, 5) is 13.1. The van der Waals surface area contributed by atoms with Crippen molar-refractivity contribution in [2.24, 2.45) is 0 Å². The van der Waals surface area contributed by atoms with Gasteiger partial charge in [0.25, 0.3) is 0 Å². The van der Waals surface area contributed by atoms with Crippen LogP contribution >= 0.6 is 34.5 Å². The third-order valence-electron chi connectivity index (χ3n) is 5.28. The lowest BCUT2D eigenvalue weighted by Gasteiger charge is -2.23. The van der Waals surface area contributed by atoms with Crippen molar-refractivity contribution in [3.63, 3.8) is 0 Å². The number of nitrogens with two attached hydrogens (primary N) is 1. The van der Waals surface area contributed by atoms with Crippen LogP contribution in [-0.2, 0) is 16.5 Å². The minimum absolute atomic E-state index is 0.0424. The van der Waals surface area contributed by atoms with Gasteiger partial charge >= 0.3 is 15.1 Å². The van der Waals surface area contributed by atoms with Crippen molar-refractivity contribution in [1.82, 2.24) is 0 Å². The lowest BCUT2D eigenvalue weighted by molar-refractivity contribution is -0.380. The molecule has 0 aliphatic heterocycles. The SMILES string of the molecule is CCCN(CCCl)c1ccc(OS(=O)(=O)C(Cc2ccc(N)cc2Cl)c2ccsc2[N+](=O)[O-])cc1. The van der Waals surface area contributed by atoms with Crippen molar-refractivity contribution in [1.29, 1.82) is 0 Å².